The van der Waals surface area contributed by atoms with Gasteiger partial charge in [-0.1, -0.05) is 30.3 Å². The first kappa shape index (κ1) is 15.0. The van der Waals surface area contributed by atoms with Gasteiger partial charge in [0.05, 0.1) is 17.8 Å². The lowest BCUT2D eigenvalue weighted by Gasteiger charge is -2.23. The molecule has 6 heteroatoms. The van der Waals surface area contributed by atoms with Gasteiger partial charge in [-0.25, -0.2) is 9.96 Å². The number of hydrogen-bond acceptors (Lipinski definition) is 4. The lowest BCUT2D eigenvalue weighted by Crippen LogP contribution is -2.40. The summed E-state index contributed by atoms with van der Waals surface area (Å²) in [5.41, 5.74) is 1.04. The Balaban J connectivity index is 1.91. The van der Waals surface area contributed by atoms with E-state index in [9.17, 15) is 14.8 Å². The maximum atomic E-state index is 12.6. The molecule has 0 aliphatic carbocycles. The van der Waals surface area contributed by atoms with Crippen molar-refractivity contribution in [3.05, 3.63) is 58.2 Å². The molecule has 0 aromatic heterocycles. The zero-order valence-electron chi connectivity index (χ0n) is 11.5. The fraction of sp³-hybridized carbons (Fsp3) is 0.125. The van der Waals surface area contributed by atoms with E-state index in [4.69, 9.17) is 0 Å². The van der Waals surface area contributed by atoms with Crippen molar-refractivity contribution in [2.45, 2.75) is 12.5 Å². The largest absolute Gasteiger partial charge is 0.288 e. The first-order chi connectivity index (χ1) is 10.6. The Morgan fingerprint density at radius 1 is 1.05 bits per heavy atom. The summed E-state index contributed by atoms with van der Waals surface area (Å²) < 4.78 is 0.812. The standard InChI is InChI=1S/C16H13IN2O3/c17-12-8-4-5-9-13(12)18-15(20)10-14(16(18)21)19(22)11-6-2-1-3-7-11/h1-9,14,22H,10H2/t14-/m0/s1. The molecular formula is C16H13IN2O3. The molecule has 0 saturated carbocycles. The number of anilines is 2. The van der Waals surface area contributed by atoms with Gasteiger partial charge in [0, 0.05) is 3.57 Å². The van der Waals surface area contributed by atoms with Gasteiger partial charge >= 0.3 is 0 Å². The number of benzene rings is 2. The molecule has 1 fully saturated rings. The van der Waals surface area contributed by atoms with E-state index in [1.165, 1.54) is 0 Å². The highest BCUT2D eigenvalue weighted by atomic mass is 127. The number of carbonyl (C=O) groups is 2. The molecule has 0 radical (unpaired) electrons. The van der Waals surface area contributed by atoms with Crippen molar-refractivity contribution in [2.24, 2.45) is 0 Å². The van der Waals surface area contributed by atoms with Gasteiger partial charge in [0.25, 0.3) is 5.91 Å². The lowest BCUT2D eigenvalue weighted by atomic mass is 10.2. The van der Waals surface area contributed by atoms with Crippen LogP contribution in [0.4, 0.5) is 11.4 Å². The summed E-state index contributed by atoms with van der Waals surface area (Å²) in [6, 6.07) is 15.0. The quantitative estimate of drug-likeness (QED) is 0.482. The number of imide groups is 1. The lowest BCUT2D eigenvalue weighted by molar-refractivity contribution is -0.121. The number of hydrogen-bond donors (Lipinski definition) is 1. The van der Waals surface area contributed by atoms with Crippen molar-refractivity contribution in [3.63, 3.8) is 0 Å². The number of nitrogens with zero attached hydrogens (tertiary/aromatic N) is 2. The predicted octanol–water partition coefficient (Wildman–Crippen LogP) is 2.82. The third-order valence-corrected chi connectivity index (χ3v) is 4.44. The van der Waals surface area contributed by atoms with E-state index in [2.05, 4.69) is 22.6 Å². The average Bonchev–Trinajstić information content (AvgIpc) is 2.83. The smallest absolute Gasteiger partial charge is 0.259 e. The van der Waals surface area contributed by atoms with E-state index in [0.29, 0.717) is 11.4 Å². The third-order valence-electron chi connectivity index (χ3n) is 3.53. The van der Waals surface area contributed by atoms with E-state index in [1.807, 2.05) is 18.2 Å². The Hall–Kier alpha value is -1.93. The number of halogens is 1. The van der Waals surface area contributed by atoms with Gasteiger partial charge in [-0.05, 0) is 46.9 Å². The Kier molecular flexibility index (Phi) is 4.12. The van der Waals surface area contributed by atoms with E-state index in [0.717, 1.165) is 13.5 Å². The number of rotatable bonds is 3. The Morgan fingerprint density at radius 3 is 2.36 bits per heavy atom. The minimum absolute atomic E-state index is 0.0464. The number of carbonyl (C=O) groups excluding carboxylic acids is 2. The van der Waals surface area contributed by atoms with Gasteiger partial charge in [-0.15, -0.1) is 0 Å². The zero-order chi connectivity index (χ0) is 15.7. The van der Waals surface area contributed by atoms with E-state index >= 15 is 0 Å². The fourth-order valence-corrected chi connectivity index (χ4v) is 3.08. The molecule has 1 heterocycles. The van der Waals surface area contributed by atoms with Crippen LogP contribution in [0.1, 0.15) is 6.42 Å². The fourth-order valence-electron chi connectivity index (χ4n) is 2.45. The maximum absolute atomic E-state index is 12.6. The zero-order valence-corrected chi connectivity index (χ0v) is 13.7. The van der Waals surface area contributed by atoms with Crippen LogP contribution in [0, 0.1) is 3.57 Å². The molecule has 22 heavy (non-hydrogen) atoms. The Labute approximate surface area is 141 Å². The van der Waals surface area contributed by atoms with Gasteiger partial charge in [0.1, 0.15) is 6.04 Å². The highest BCUT2D eigenvalue weighted by Gasteiger charge is 2.43. The number of amides is 2. The molecule has 1 aliphatic rings. The van der Waals surface area contributed by atoms with Crippen LogP contribution in [0.5, 0.6) is 0 Å². The summed E-state index contributed by atoms with van der Waals surface area (Å²) in [5.74, 6) is -0.727. The van der Waals surface area contributed by atoms with Crippen LogP contribution in [-0.2, 0) is 9.59 Å². The van der Waals surface area contributed by atoms with E-state index in [-0.39, 0.29) is 12.3 Å². The molecule has 2 amide bonds. The third kappa shape index (κ3) is 2.59. The molecule has 1 aliphatic heterocycles. The molecular weight excluding hydrogens is 395 g/mol. The first-order valence-corrected chi connectivity index (χ1v) is 7.82. The van der Waals surface area contributed by atoms with Crippen LogP contribution >= 0.6 is 22.6 Å². The van der Waals surface area contributed by atoms with Crippen molar-refractivity contribution in [2.75, 3.05) is 9.96 Å². The predicted molar refractivity (Wildman–Crippen MR) is 90.8 cm³/mol. The SMILES string of the molecule is O=C1C[C@H](N(O)c2ccccc2)C(=O)N1c1ccccc1I. The number of para-hydroxylation sites is 2. The minimum atomic E-state index is -0.897. The van der Waals surface area contributed by atoms with Crippen molar-refractivity contribution < 1.29 is 14.8 Å². The van der Waals surface area contributed by atoms with Crippen LogP contribution in [-0.4, -0.2) is 23.1 Å². The molecule has 2 aromatic carbocycles. The van der Waals surface area contributed by atoms with Gasteiger partial charge in [-0.2, -0.15) is 0 Å². The number of hydroxylamine groups is 1. The van der Waals surface area contributed by atoms with Crippen molar-refractivity contribution in [3.8, 4) is 0 Å². The van der Waals surface area contributed by atoms with Crippen molar-refractivity contribution in [1.82, 2.24) is 0 Å². The average molecular weight is 408 g/mol. The van der Waals surface area contributed by atoms with Gasteiger partial charge < -0.3 is 0 Å². The van der Waals surface area contributed by atoms with Crippen LogP contribution < -0.4 is 9.96 Å². The molecule has 0 spiro atoms. The summed E-state index contributed by atoms with van der Waals surface area (Å²) in [5, 5.41) is 11.1. The van der Waals surface area contributed by atoms with Gasteiger partial charge in [0.2, 0.25) is 5.91 Å². The van der Waals surface area contributed by atoms with Crippen molar-refractivity contribution in [1.29, 1.82) is 0 Å². The highest BCUT2D eigenvalue weighted by molar-refractivity contribution is 14.1. The topological polar surface area (TPSA) is 60.9 Å². The summed E-state index contributed by atoms with van der Waals surface area (Å²) in [7, 11) is 0. The highest BCUT2D eigenvalue weighted by Crippen LogP contribution is 2.30. The maximum Gasteiger partial charge on any atom is 0.259 e. The second kappa shape index (κ2) is 6.05. The summed E-state index contributed by atoms with van der Waals surface area (Å²) in [6.07, 6.45) is -0.0464. The van der Waals surface area contributed by atoms with E-state index < -0.39 is 11.9 Å². The molecule has 3 rings (SSSR count). The van der Waals surface area contributed by atoms with Gasteiger partial charge in [-0.3, -0.25) is 14.8 Å². The molecule has 1 N–H and O–H groups in total. The Morgan fingerprint density at radius 2 is 1.68 bits per heavy atom. The molecule has 2 aromatic rings. The van der Waals surface area contributed by atoms with Crippen molar-refractivity contribution >= 4 is 45.8 Å². The second-order valence-corrected chi connectivity index (χ2v) is 6.08. The Bertz CT molecular complexity index is 720. The molecule has 112 valence electrons. The second-order valence-electron chi connectivity index (χ2n) is 4.92. The summed E-state index contributed by atoms with van der Waals surface area (Å²) in [6.45, 7) is 0. The summed E-state index contributed by atoms with van der Waals surface area (Å²) in [4.78, 5) is 26.0. The van der Waals surface area contributed by atoms with Crippen LogP contribution in [0.25, 0.3) is 0 Å². The molecule has 1 atom stereocenters. The van der Waals surface area contributed by atoms with Crippen LogP contribution in [0.3, 0.4) is 0 Å². The van der Waals surface area contributed by atoms with E-state index in [1.54, 1.807) is 36.4 Å². The van der Waals surface area contributed by atoms with Crippen LogP contribution in [0.2, 0.25) is 0 Å². The summed E-state index contributed by atoms with van der Waals surface area (Å²) >= 11 is 2.08. The minimum Gasteiger partial charge on any atom is -0.288 e. The first-order valence-electron chi connectivity index (χ1n) is 6.74. The van der Waals surface area contributed by atoms with Gasteiger partial charge in [0.15, 0.2) is 0 Å². The normalized spacial score (nSPS) is 17.9. The monoisotopic (exact) mass is 408 g/mol. The molecule has 0 unspecified atom stereocenters. The van der Waals surface area contributed by atoms with Crippen LogP contribution in [0.15, 0.2) is 54.6 Å². The molecule has 5 nitrogen and oxygen atoms in total. The molecule has 0 bridgehead atoms. The molecule has 1 saturated heterocycles.